The Morgan fingerprint density at radius 1 is 0.909 bits per heavy atom. The number of aliphatic hydroxyl groups is 7. The molecule has 22 N–H and O–H groups in total. The molecule has 0 aromatic carbocycles. The molecule has 0 amide bonds. The number of hydrogen-bond donors (Lipinski definition) is 13. The smallest absolute Gasteiger partial charge is 0.280 e. The highest BCUT2D eigenvalue weighted by molar-refractivity contribution is 7.45. The number of hydrogen-bond acceptors (Lipinski definition) is 20. The summed E-state index contributed by atoms with van der Waals surface area (Å²) in [5.74, 6) is -0.177. The van der Waals surface area contributed by atoms with E-state index in [2.05, 4.69) is 37.9 Å². The van der Waals surface area contributed by atoms with Gasteiger partial charge in [0.05, 0.1) is 32.1 Å². The van der Waals surface area contributed by atoms with E-state index in [1.807, 2.05) is 0 Å². The molecule has 1 unspecified atom stereocenters. The summed E-state index contributed by atoms with van der Waals surface area (Å²) in [6, 6.07) is -2.29. The second-order valence-electron chi connectivity index (χ2n) is 14.2. The normalized spacial score (nSPS) is 43.8. The maximum Gasteiger partial charge on any atom is 0.280 e. The van der Waals surface area contributed by atoms with E-state index >= 15 is 0 Å². The van der Waals surface area contributed by atoms with Crippen LogP contribution >= 0.6 is 7.82 Å². The van der Waals surface area contributed by atoms with Crippen molar-refractivity contribution in [2.75, 3.05) is 25.5 Å². The monoisotopic (exact) mass is 816 g/mol. The maximum absolute atomic E-state index is 13.0. The molecule has 5 heterocycles. The van der Waals surface area contributed by atoms with Crippen molar-refractivity contribution >= 4 is 24.9 Å². The summed E-state index contributed by atoms with van der Waals surface area (Å²) < 4.78 is 53.4. The molecule has 2 aromatic heterocycles. The summed E-state index contributed by atoms with van der Waals surface area (Å²) in [6.07, 6.45) is -19.7. The zero-order valence-electron chi connectivity index (χ0n) is 29.4. The lowest BCUT2D eigenvalue weighted by Crippen LogP contribution is -2.83. The average Bonchev–Trinajstić information content (AvgIpc) is 3.73. The van der Waals surface area contributed by atoms with E-state index in [1.165, 1.54) is 10.9 Å². The van der Waals surface area contributed by atoms with Gasteiger partial charge in [-0.1, -0.05) is 0 Å². The van der Waals surface area contributed by atoms with Crippen molar-refractivity contribution in [3.05, 3.63) is 16.7 Å². The third kappa shape index (κ3) is 8.59. The van der Waals surface area contributed by atoms with Crippen LogP contribution in [-0.4, -0.2) is 179 Å². The van der Waals surface area contributed by atoms with Gasteiger partial charge < -0.3 is 102 Å². The van der Waals surface area contributed by atoms with Gasteiger partial charge in [0.15, 0.2) is 29.8 Å². The molecule has 0 spiro atoms. The van der Waals surface area contributed by atoms with E-state index in [0.29, 0.717) is 0 Å². The lowest BCUT2D eigenvalue weighted by Gasteiger charge is -2.46. The van der Waals surface area contributed by atoms with E-state index < -0.39 is 137 Å². The van der Waals surface area contributed by atoms with Gasteiger partial charge in [0.25, 0.3) is 13.4 Å². The minimum atomic E-state index is -5.31. The largest absolute Gasteiger partial charge is 0.756 e. The Kier molecular flexibility index (Phi) is 12.9. The zero-order valence-corrected chi connectivity index (χ0v) is 30.3. The number of nitrogens with two attached hydrogens (primary N) is 1. The van der Waals surface area contributed by atoms with Gasteiger partial charge in [0.1, 0.15) is 91.9 Å². The van der Waals surface area contributed by atoms with Crippen LogP contribution < -0.4 is 39.1 Å². The van der Waals surface area contributed by atoms with Gasteiger partial charge in [0, 0.05) is 6.42 Å². The predicted molar refractivity (Wildman–Crippen MR) is 172 cm³/mol. The Morgan fingerprint density at radius 2 is 1.55 bits per heavy atom. The Bertz CT molecular complexity index is 1720. The summed E-state index contributed by atoms with van der Waals surface area (Å²) in [7, 11) is -5.31. The Balaban J connectivity index is 1.06. The molecule has 19 atom stereocenters. The SMILES string of the molecule is Nc1nc2c(ncn2[C@H]2C[C@H](O)[C@@H](COP(=O)([O-])O[C@H]3[C@H](O)[C@@H](O)[C@@H](O[C@H]4[C@H](O)[C@@H](O[C@H]5O[C@H](CO)[C@@H](O)[C@H]([NH3+])[C@H]5O)[C@H]([NH3+])C[C@@H]4[NH3+])O[C@@H]3C[NH3+])O2)c(=O)[nH]1. The third-order valence-corrected chi connectivity index (χ3v) is 11.3. The van der Waals surface area contributed by atoms with E-state index in [-0.39, 0.29) is 36.5 Å². The first-order chi connectivity index (χ1) is 25.9. The molecule has 27 heteroatoms. The van der Waals surface area contributed by atoms with Crippen LogP contribution in [0.15, 0.2) is 11.1 Å². The van der Waals surface area contributed by atoms with Gasteiger partial charge >= 0.3 is 0 Å². The summed E-state index contributed by atoms with van der Waals surface area (Å²) in [5, 5.41) is 74.5. The molecule has 1 saturated carbocycles. The second kappa shape index (κ2) is 16.8. The number of aromatic nitrogens is 4. The highest BCUT2D eigenvalue weighted by Gasteiger charge is 2.55. The number of aromatic amines is 1. The molecule has 4 aliphatic rings. The standard InChI is InChI=1S/C28H48N9O17P/c29-3-10-23(54-55(46,47)48-5-12-9(39)2-13(49-12)37-6-34-15-24(37)35-28(33)36-25(15)45)18(42)19(43)27(50-10)53-22-8(31)1-7(30)21(20(22)44)52-26-17(41)14(32)16(40)11(4-38)51-26/h6-14,16-23,26-27,38-44H,1-5,29-32H2,(H,46,47)(H3,33,35,36,45)/p+3/t7-,8+,9+,10-,11-,12-,13-,14+,16-,17-,18-,19-,20-,21+,22-,23-,26-,27-/m1/s1. The number of anilines is 1. The number of nitrogen functional groups attached to an aromatic ring is 1. The molecular weight excluding hydrogens is 765 g/mol. The number of nitrogens with one attached hydrogen (secondary N) is 1. The lowest BCUT2D eigenvalue weighted by atomic mass is 9.84. The number of H-pyrrole nitrogens is 1. The number of fused-ring (bicyclic) bond motifs is 1. The van der Waals surface area contributed by atoms with E-state index in [1.54, 1.807) is 0 Å². The van der Waals surface area contributed by atoms with Crippen molar-refractivity contribution in [3.8, 4) is 0 Å². The van der Waals surface area contributed by atoms with Crippen LogP contribution in [0.25, 0.3) is 11.2 Å². The average molecular weight is 817 g/mol. The number of rotatable bonds is 12. The van der Waals surface area contributed by atoms with Crippen molar-refractivity contribution in [2.45, 2.75) is 123 Å². The third-order valence-electron chi connectivity index (χ3n) is 10.4. The molecule has 55 heavy (non-hydrogen) atoms. The van der Waals surface area contributed by atoms with Crippen LogP contribution in [-0.2, 0) is 37.3 Å². The Labute approximate surface area is 310 Å². The van der Waals surface area contributed by atoms with Crippen LogP contribution in [0.5, 0.6) is 0 Å². The summed E-state index contributed by atoms with van der Waals surface area (Å²) in [4.78, 5) is 35.5. The summed E-state index contributed by atoms with van der Waals surface area (Å²) >= 11 is 0. The molecular formula is C28H51N9O17P+3. The van der Waals surface area contributed by atoms with Crippen molar-refractivity contribution in [1.29, 1.82) is 0 Å². The van der Waals surface area contributed by atoms with Crippen LogP contribution in [0.1, 0.15) is 19.1 Å². The van der Waals surface area contributed by atoms with Crippen LogP contribution in [0.2, 0.25) is 0 Å². The lowest BCUT2D eigenvalue weighted by molar-refractivity contribution is -0.525. The quantitative estimate of drug-likeness (QED) is 0.0884. The fourth-order valence-corrected chi connectivity index (χ4v) is 8.23. The van der Waals surface area contributed by atoms with E-state index in [4.69, 9.17) is 38.5 Å². The van der Waals surface area contributed by atoms with Gasteiger partial charge in [-0.15, -0.1) is 0 Å². The number of phosphoric ester groups is 1. The molecule has 4 fully saturated rings. The van der Waals surface area contributed by atoms with Crippen molar-refractivity contribution < 1.29 is 101 Å². The maximum atomic E-state index is 13.0. The molecule has 6 rings (SSSR count). The first kappa shape index (κ1) is 42.2. The number of nitrogens with zero attached hydrogens (tertiary/aromatic N) is 3. The molecule has 0 radical (unpaired) electrons. The number of ether oxygens (including phenoxy) is 5. The van der Waals surface area contributed by atoms with Crippen LogP contribution in [0, 0.1) is 0 Å². The molecule has 3 saturated heterocycles. The van der Waals surface area contributed by atoms with Gasteiger partial charge in [0.2, 0.25) is 5.95 Å². The van der Waals surface area contributed by atoms with Gasteiger partial charge in [-0.05, 0) is 0 Å². The highest BCUT2D eigenvalue weighted by atomic mass is 31.2. The molecule has 1 aliphatic carbocycles. The van der Waals surface area contributed by atoms with Crippen LogP contribution in [0.3, 0.4) is 0 Å². The second-order valence-corrected chi connectivity index (χ2v) is 15.5. The molecule has 2 aromatic rings. The van der Waals surface area contributed by atoms with Gasteiger partial charge in [-0.2, -0.15) is 4.98 Å². The van der Waals surface area contributed by atoms with E-state index in [0.717, 1.165) is 0 Å². The first-order valence-corrected chi connectivity index (χ1v) is 19.0. The highest BCUT2D eigenvalue weighted by Crippen LogP contribution is 2.44. The molecule has 26 nitrogen and oxygen atoms in total. The number of phosphoric acid groups is 1. The number of imidazole rings is 1. The van der Waals surface area contributed by atoms with Crippen LogP contribution in [0.4, 0.5) is 5.95 Å². The topological polar surface area (TPSA) is 446 Å². The van der Waals surface area contributed by atoms with Gasteiger partial charge in [-0.25, -0.2) is 4.98 Å². The van der Waals surface area contributed by atoms with E-state index in [9.17, 15) is 50.0 Å². The fourth-order valence-electron chi connectivity index (χ4n) is 7.29. The molecule has 3 aliphatic heterocycles. The number of quaternary nitrogens is 4. The van der Waals surface area contributed by atoms with Crippen molar-refractivity contribution in [1.82, 2.24) is 19.5 Å². The van der Waals surface area contributed by atoms with Crippen molar-refractivity contribution in [3.63, 3.8) is 0 Å². The van der Waals surface area contributed by atoms with Gasteiger partial charge in [-0.3, -0.25) is 18.9 Å². The predicted octanol–water partition coefficient (Wildman–Crippen LogP) is -11.3. The minimum absolute atomic E-state index is 0.0309. The zero-order chi connectivity index (χ0) is 40.1. The molecule has 0 bridgehead atoms. The first-order valence-electron chi connectivity index (χ1n) is 17.6. The fraction of sp³-hybridized carbons (Fsp3) is 0.821. The number of aliphatic hydroxyl groups excluding tert-OH is 7. The molecule has 312 valence electrons. The minimum Gasteiger partial charge on any atom is -0.756 e. The Morgan fingerprint density at radius 3 is 2.18 bits per heavy atom. The Hall–Kier alpha value is -2.38. The summed E-state index contributed by atoms with van der Waals surface area (Å²) in [5.41, 5.74) is 20.5. The summed E-state index contributed by atoms with van der Waals surface area (Å²) in [6.45, 7) is -1.52. The van der Waals surface area contributed by atoms with Crippen molar-refractivity contribution in [2.24, 2.45) is 0 Å².